The molecular formula is C27H27ClN2O3S2. The highest BCUT2D eigenvalue weighted by molar-refractivity contribution is 7.89. The first-order valence-electron chi connectivity index (χ1n) is 11.9. The predicted molar refractivity (Wildman–Crippen MR) is 143 cm³/mol. The molecule has 1 unspecified atom stereocenters. The van der Waals surface area contributed by atoms with Gasteiger partial charge in [-0.15, -0.1) is 0 Å². The van der Waals surface area contributed by atoms with E-state index in [9.17, 15) is 13.2 Å². The Morgan fingerprint density at radius 1 is 1.03 bits per heavy atom. The maximum atomic E-state index is 13.3. The molecule has 0 fully saturated rings. The Labute approximate surface area is 214 Å². The Morgan fingerprint density at radius 2 is 1.80 bits per heavy atom. The number of nitrogens with one attached hydrogen (secondary N) is 1. The second-order valence-electron chi connectivity index (χ2n) is 8.99. The van der Waals surface area contributed by atoms with Crippen LogP contribution in [0.3, 0.4) is 0 Å². The van der Waals surface area contributed by atoms with Crippen LogP contribution in [0.1, 0.15) is 54.5 Å². The van der Waals surface area contributed by atoms with Gasteiger partial charge in [0.25, 0.3) is 0 Å². The molecule has 4 aromatic rings. The van der Waals surface area contributed by atoms with Crippen LogP contribution >= 0.6 is 22.9 Å². The standard InChI is InChI=1S/C27H27ClN2O3S2/c1-2-24(20-12-11-18-7-3-4-8-19(18)15-20)29-35(32,33)22-13-14-25-26(16-22)34-27(31)30(25)17-21-9-5-6-10-23(21)28/h5-6,9-16,24,29H,2-4,7-8,17H2,1H3. The quantitative estimate of drug-likeness (QED) is 0.317. The summed E-state index contributed by atoms with van der Waals surface area (Å²) in [5.74, 6) is 0. The van der Waals surface area contributed by atoms with Gasteiger partial charge in [-0.1, -0.05) is 66.3 Å². The monoisotopic (exact) mass is 526 g/mol. The number of halogens is 1. The van der Waals surface area contributed by atoms with Crippen molar-refractivity contribution in [1.29, 1.82) is 0 Å². The average molecular weight is 527 g/mol. The second-order valence-corrected chi connectivity index (χ2v) is 12.1. The molecule has 0 saturated carbocycles. The number of nitrogens with zero attached hydrogens (tertiary/aromatic N) is 1. The van der Waals surface area contributed by atoms with Crippen molar-refractivity contribution in [3.05, 3.63) is 97.6 Å². The third kappa shape index (κ3) is 4.96. The minimum atomic E-state index is -3.78. The van der Waals surface area contributed by atoms with E-state index in [4.69, 9.17) is 11.6 Å². The fourth-order valence-corrected chi connectivity index (χ4v) is 7.31. The van der Waals surface area contributed by atoms with Crippen molar-refractivity contribution in [3.63, 3.8) is 0 Å². The van der Waals surface area contributed by atoms with E-state index in [2.05, 4.69) is 16.9 Å². The largest absolute Gasteiger partial charge is 0.308 e. The van der Waals surface area contributed by atoms with Crippen molar-refractivity contribution in [2.45, 2.75) is 56.5 Å². The third-order valence-electron chi connectivity index (χ3n) is 6.72. The summed E-state index contributed by atoms with van der Waals surface area (Å²) in [6.07, 6.45) is 5.18. The summed E-state index contributed by atoms with van der Waals surface area (Å²) in [5.41, 5.74) is 5.23. The van der Waals surface area contributed by atoms with Crippen LogP contribution in [0, 0.1) is 0 Å². The molecule has 1 aliphatic rings. The van der Waals surface area contributed by atoms with E-state index in [1.807, 2.05) is 31.2 Å². The first kappa shape index (κ1) is 24.3. The summed E-state index contributed by atoms with van der Waals surface area (Å²) >= 11 is 7.32. The number of rotatable bonds is 7. The summed E-state index contributed by atoms with van der Waals surface area (Å²) in [6, 6.07) is 18.3. The second kappa shape index (κ2) is 9.90. The van der Waals surface area contributed by atoms with Gasteiger partial charge in [0.05, 0.1) is 21.7 Å². The number of fused-ring (bicyclic) bond motifs is 2. The molecule has 5 nitrogen and oxygen atoms in total. The Balaban J connectivity index is 1.43. The van der Waals surface area contributed by atoms with E-state index >= 15 is 0 Å². The topological polar surface area (TPSA) is 68.2 Å². The first-order valence-corrected chi connectivity index (χ1v) is 14.5. The molecule has 1 N–H and O–H groups in total. The van der Waals surface area contributed by atoms with E-state index < -0.39 is 10.0 Å². The van der Waals surface area contributed by atoms with Crippen molar-refractivity contribution >= 4 is 43.2 Å². The van der Waals surface area contributed by atoms with Crippen LogP contribution < -0.4 is 9.60 Å². The maximum Gasteiger partial charge on any atom is 0.308 e. The maximum absolute atomic E-state index is 13.3. The van der Waals surface area contributed by atoms with Gasteiger partial charge in [-0.2, -0.15) is 0 Å². The van der Waals surface area contributed by atoms with Crippen molar-refractivity contribution in [2.75, 3.05) is 0 Å². The first-order chi connectivity index (χ1) is 16.9. The lowest BCUT2D eigenvalue weighted by atomic mass is 9.89. The highest BCUT2D eigenvalue weighted by atomic mass is 35.5. The van der Waals surface area contributed by atoms with E-state index in [0.29, 0.717) is 28.2 Å². The molecule has 0 bridgehead atoms. The molecule has 0 spiro atoms. The van der Waals surface area contributed by atoms with Gasteiger partial charge in [0.15, 0.2) is 0 Å². The van der Waals surface area contributed by atoms with Crippen LogP contribution in [0.5, 0.6) is 0 Å². The molecule has 35 heavy (non-hydrogen) atoms. The molecule has 5 rings (SSSR count). The van der Waals surface area contributed by atoms with Crippen molar-refractivity contribution < 1.29 is 8.42 Å². The third-order valence-corrected chi connectivity index (χ3v) is 9.50. The molecule has 1 aromatic heterocycles. The van der Waals surface area contributed by atoms with Crippen LogP contribution in [-0.2, 0) is 29.4 Å². The number of hydrogen-bond donors (Lipinski definition) is 1. The lowest BCUT2D eigenvalue weighted by molar-refractivity contribution is 0.549. The van der Waals surface area contributed by atoms with Gasteiger partial charge in [-0.25, -0.2) is 13.1 Å². The van der Waals surface area contributed by atoms with E-state index in [1.165, 1.54) is 24.0 Å². The van der Waals surface area contributed by atoms with Crippen molar-refractivity contribution in [3.8, 4) is 0 Å². The number of aryl methyl sites for hydroxylation is 2. The fourth-order valence-electron chi connectivity index (χ4n) is 4.77. The number of hydrogen-bond acceptors (Lipinski definition) is 4. The Morgan fingerprint density at radius 3 is 2.57 bits per heavy atom. The van der Waals surface area contributed by atoms with Crippen molar-refractivity contribution in [2.24, 2.45) is 0 Å². The van der Waals surface area contributed by atoms with Gasteiger partial charge in [-0.3, -0.25) is 9.36 Å². The Kier molecular flexibility index (Phi) is 6.86. The van der Waals surface area contributed by atoms with Gasteiger partial charge in [0.2, 0.25) is 10.0 Å². The molecule has 1 atom stereocenters. The Bertz CT molecular complexity index is 1560. The minimum absolute atomic E-state index is 0.150. The van der Waals surface area contributed by atoms with Gasteiger partial charge in [0.1, 0.15) is 0 Å². The zero-order valence-corrected chi connectivity index (χ0v) is 21.8. The zero-order valence-electron chi connectivity index (χ0n) is 19.5. The van der Waals surface area contributed by atoms with Gasteiger partial charge in [0, 0.05) is 11.1 Å². The molecule has 8 heteroatoms. The number of aromatic nitrogens is 1. The molecule has 0 saturated heterocycles. The lowest BCUT2D eigenvalue weighted by Gasteiger charge is -2.21. The molecule has 3 aromatic carbocycles. The number of thiazole rings is 1. The molecule has 0 aliphatic heterocycles. The summed E-state index contributed by atoms with van der Waals surface area (Å²) < 4.78 is 31.8. The van der Waals surface area contributed by atoms with Gasteiger partial charge >= 0.3 is 4.87 Å². The Hall–Kier alpha value is -2.45. The molecule has 1 heterocycles. The van der Waals surface area contributed by atoms with Crippen LogP contribution in [0.2, 0.25) is 5.02 Å². The van der Waals surface area contributed by atoms with Crippen LogP contribution in [0.4, 0.5) is 0 Å². The van der Waals surface area contributed by atoms with Gasteiger partial charge < -0.3 is 0 Å². The van der Waals surface area contributed by atoms with Crippen LogP contribution in [0.25, 0.3) is 10.2 Å². The zero-order chi connectivity index (χ0) is 24.6. The predicted octanol–water partition coefficient (Wildman–Crippen LogP) is 6.07. The summed E-state index contributed by atoms with van der Waals surface area (Å²) in [5, 5.41) is 0.593. The van der Waals surface area contributed by atoms with Crippen LogP contribution in [0.15, 0.2) is 70.4 Å². The van der Waals surface area contributed by atoms with E-state index in [0.717, 1.165) is 35.3 Å². The molecule has 0 amide bonds. The van der Waals surface area contributed by atoms with E-state index in [1.54, 1.807) is 28.8 Å². The van der Waals surface area contributed by atoms with Gasteiger partial charge in [-0.05, 0) is 78.6 Å². The molecule has 0 radical (unpaired) electrons. The smallest absolute Gasteiger partial charge is 0.294 e. The minimum Gasteiger partial charge on any atom is -0.294 e. The summed E-state index contributed by atoms with van der Waals surface area (Å²) in [4.78, 5) is 12.7. The fraction of sp³-hybridized carbons (Fsp3) is 0.296. The summed E-state index contributed by atoms with van der Waals surface area (Å²) in [7, 11) is -3.78. The number of benzene rings is 3. The lowest BCUT2D eigenvalue weighted by Crippen LogP contribution is -2.28. The highest BCUT2D eigenvalue weighted by Crippen LogP contribution is 2.29. The number of sulfonamides is 1. The average Bonchev–Trinajstić information content (AvgIpc) is 3.17. The van der Waals surface area contributed by atoms with Crippen molar-refractivity contribution in [1.82, 2.24) is 9.29 Å². The SMILES string of the molecule is CCC(NS(=O)(=O)c1ccc2c(c1)sc(=O)n2Cc1ccccc1Cl)c1ccc2c(c1)CCCC2. The summed E-state index contributed by atoms with van der Waals surface area (Å²) in [6.45, 7) is 2.32. The highest BCUT2D eigenvalue weighted by Gasteiger charge is 2.23. The molecular weight excluding hydrogens is 500 g/mol. The van der Waals surface area contributed by atoms with Crippen LogP contribution in [-0.4, -0.2) is 13.0 Å². The normalized spacial score (nSPS) is 14.7. The molecule has 1 aliphatic carbocycles. The molecule has 182 valence electrons. The van der Waals surface area contributed by atoms with E-state index in [-0.39, 0.29) is 15.8 Å².